The van der Waals surface area contributed by atoms with E-state index in [2.05, 4.69) is 5.32 Å². The fraction of sp³-hybridized carbons (Fsp3) is 0.929. The molecule has 0 unspecified atom stereocenters. The van der Waals surface area contributed by atoms with E-state index in [1.165, 1.54) is 38.6 Å². The number of carbonyl (C=O) groups is 1. The first kappa shape index (κ1) is 14.5. The quantitative estimate of drug-likeness (QED) is 0.498. The summed E-state index contributed by atoms with van der Waals surface area (Å²) in [5.74, 6) is 0.876. The molecule has 3 heteroatoms. The van der Waals surface area contributed by atoms with Gasteiger partial charge in [0.05, 0.1) is 6.61 Å². The molecule has 1 aliphatic rings. The van der Waals surface area contributed by atoms with Gasteiger partial charge in [-0.3, -0.25) is 4.79 Å². The normalized spacial score (nSPS) is 16.3. The standard InChI is InChI=1S/C14H27NO2/c1-2-17-14(16)10-4-3-7-11-15-12-13-8-5-6-9-13/h13,15H,2-12H2,1H3. The van der Waals surface area contributed by atoms with Crippen LogP contribution in [0, 0.1) is 5.92 Å². The lowest BCUT2D eigenvalue weighted by Gasteiger charge is -2.10. The van der Waals surface area contributed by atoms with Gasteiger partial charge in [-0.1, -0.05) is 19.3 Å². The Labute approximate surface area is 105 Å². The Morgan fingerprint density at radius 2 is 2.00 bits per heavy atom. The van der Waals surface area contributed by atoms with Gasteiger partial charge in [0.25, 0.3) is 0 Å². The number of hydrogen-bond donors (Lipinski definition) is 1. The average molecular weight is 241 g/mol. The van der Waals surface area contributed by atoms with Crippen LogP contribution in [0.2, 0.25) is 0 Å². The topological polar surface area (TPSA) is 38.3 Å². The van der Waals surface area contributed by atoms with Gasteiger partial charge in [0, 0.05) is 6.42 Å². The SMILES string of the molecule is CCOC(=O)CCCCCNCC1CCCC1. The molecule has 0 atom stereocenters. The summed E-state index contributed by atoms with van der Waals surface area (Å²) in [6, 6.07) is 0. The Bertz CT molecular complexity index is 200. The summed E-state index contributed by atoms with van der Waals surface area (Å²) in [6.45, 7) is 4.64. The summed E-state index contributed by atoms with van der Waals surface area (Å²) in [6.07, 6.45) is 9.51. The molecule has 0 amide bonds. The summed E-state index contributed by atoms with van der Waals surface area (Å²) in [7, 11) is 0. The van der Waals surface area contributed by atoms with Gasteiger partial charge in [-0.25, -0.2) is 0 Å². The first-order valence-electron chi connectivity index (χ1n) is 7.19. The van der Waals surface area contributed by atoms with Crippen molar-refractivity contribution in [1.82, 2.24) is 5.32 Å². The molecule has 1 N–H and O–H groups in total. The number of hydrogen-bond acceptors (Lipinski definition) is 3. The molecule has 17 heavy (non-hydrogen) atoms. The molecule has 0 aromatic heterocycles. The Kier molecular flexibility index (Phi) is 8.06. The molecule has 0 aromatic carbocycles. The van der Waals surface area contributed by atoms with Crippen LogP contribution in [0.1, 0.15) is 58.3 Å². The maximum absolute atomic E-state index is 11.1. The lowest BCUT2D eigenvalue weighted by molar-refractivity contribution is -0.143. The lowest BCUT2D eigenvalue weighted by Crippen LogP contribution is -2.22. The van der Waals surface area contributed by atoms with E-state index < -0.39 is 0 Å². The van der Waals surface area contributed by atoms with Gasteiger partial charge >= 0.3 is 5.97 Å². The van der Waals surface area contributed by atoms with Crippen LogP contribution in [-0.2, 0) is 9.53 Å². The highest BCUT2D eigenvalue weighted by atomic mass is 16.5. The molecule has 0 aliphatic heterocycles. The third-order valence-electron chi connectivity index (χ3n) is 3.45. The van der Waals surface area contributed by atoms with Crippen molar-refractivity contribution in [1.29, 1.82) is 0 Å². The van der Waals surface area contributed by atoms with Gasteiger partial charge in [-0.05, 0) is 51.6 Å². The third-order valence-corrected chi connectivity index (χ3v) is 3.45. The van der Waals surface area contributed by atoms with E-state index >= 15 is 0 Å². The summed E-state index contributed by atoms with van der Waals surface area (Å²) in [5.41, 5.74) is 0. The number of esters is 1. The van der Waals surface area contributed by atoms with Crippen molar-refractivity contribution in [2.45, 2.75) is 58.3 Å². The van der Waals surface area contributed by atoms with Crippen molar-refractivity contribution in [2.75, 3.05) is 19.7 Å². The van der Waals surface area contributed by atoms with E-state index in [4.69, 9.17) is 4.74 Å². The fourth-order valence-electron chi connectivity index (χ4n) is 2.45. The predicted octanol–water partition coefficient (Wildman–Crippen LogP) is 2.89. The van der Waals surface area contributed by atoms with Crippen LogP contribution < -0.4 is 5.32 Å². The molecular formula is C14H27NO2. The molecule has 3 nitrogen and oxygen atoms in total. The van der Waals surface area contributed by atoms with Crippen molar-refractivity contribution in [2.24, 2.45) is 5.92 Å². The molecule has 100 valence electrons. The van der Waals surface area contributed by atoms with Crippen molar-refractivity contribution in [3.63, 3.8) is 0 Å². The molecule has 1 saturated carbocycles. The van der Waals surface area contributed by atoms with Crippen LogP contribution in [0.3, 0.4) is 0 Å². The largest absolute Gasteiger partial charge is 0.466 e. The predicted molar refractivity (Wildman–Crippen MR) is 69.9 cm³/mol. The number of ether oxygens (including phenoxy) is 1. The Morgan fingerprint density at radius 1 is 1.24 bits per heavy atom. The number of rotatable bonds is 9. The van der Waals surface area contributed by atoms with Crippen LogP contribution >= 0.6 is 0 Å². The minimum atomic E-state index is -0.0496. The lowest BCUT2D eigenvalue weighted by atomic mass is 10.1. The zero-order chi connectivity index (χ0) is 12.3. The van der Waals surface area contributed by atoms with Gasteiger partial charge in [-0.15, -0.1) is 0 Å². The number of carbonyl (C=O) groups excluding carboxylic acids is 1. The van der Waals surface area contributed by atoms with Gasteiger partial charge in [0.1, 0.15) is 0 Å². The molecule has 0 radical (unpaired) electrons. The van der Waals surface area contributed by atoms with E-state index in [1.807, 2.05) is 6.92 Å². The fourth-order valence-corrected chi connectivity index (χ4v) is 2.45. The number of unbranched alkanes of at least 4 members (excludes halogenated alkanes) is 2. The van der Waals surface area contributed by atoms with Crippen LogP contribution in [-0.4, -0.2) is 25.7 Å². The second-order valence-electron chi connectivity index (χ2n) is 4.97. The molecular weight excluding hydrogens is 214 g/mol. The highest BCUT2D eigenvalue weighted by molar-refractivity contribution is 5.69. The molecule has 0 aromatic rings. The van der Waals surface area contributed by atoms with Crippen LogP contribution in [0.25, 0.3) is 0 Å². The Morgan fingerprint density at radius 3 is 2.71 bits per heavy atom. The number of nitrogens with one attached hydrogen (secondary N) is 1. The molecule has 0 bridgehead atoms. The van der Waals surface area contributed by atoms with Gasteiger partial charge in [-0.2, -0.15) is 0 Å². The monoisotopic (exact) mass is 241 g/mol. The maximum Gasteiger partial charge on any atom is 0.305 e. The summed E-state index contributed by atoms with van der Waals surface area (Å²) in [4.78, 5) is 11.1. The van der Waals surface area contributed by atoms with Gasteiger partial charge in [0.15, 0.2) is 0 Å². The Hall–Kier alpha value is -0.570. The van der Waals surface area contributed by atoms with E-state index in [1.54, 1.807) is 0 Å². The molecule has 0 saturated heterocycles. The molecule has 1 rings (SSSR count). The average Bonchev–Trinajstić information content (AvgIpc) is 2.81. The molecule has 1 aliphatic carbocycles. The van der Waals surface area contributed by atoms with Crippen LogP contribution in [0.15, 0.2) is 0 Å². The highest BCUT2D eigenvalue weighted by Crippen LogP contribution is 2.23. The first-order chi connectivity index (χ1) is 8.33. The van der Waals surface area contributed by atoms with Crippen LogP contribution in [0.4, 0.5) is 0 Å². The van der Waals surface area contributed by atoms with E-state index in [0.29, 0.717) is 13.0 Å². The zero-order valence-corrected chi connectivity index (χ0v) is 11.2. The van der Waals surface area contributed by atoms with Crippen molar-refractivity contribution in [3.05, 3.63) is 0 Å². The summed E-state index contributed by atoms with van der Waals surface area (Å²) in [5, 5.41) is 3.52. The van der Waals surface area contributed by atoms with Crippen molar-refractivity contribution in [3.8, 4) is 0 Å². The molecule has 0 spiro atoms. The summed E-state index contributed by atoms with van der Waals surface area (Å²) >= 11 is 0. The second kappa shape index (κ2) is 9.46. The van der Waals surface area contributed by atoms with Gasteiger partial charge < -0.3 is 10.1 Å². The van der Waals surface area contributed by atoms with Crippen molar-refractivity contribution < 1.29 is 9.53 Å². The Balaban J connectivity index is 1.79. The van der Waals surface area contributed by atoms with Gasteiger partial charge in [0.2, 0.25) is 0 Å². The first-order valence-corrected chi connectivity index (χ1v) is 7.19. The zero-order valence-electron chi connectivity index (χ0n) is 11.2. The van der Waals surface area contributed by atoms with E-state index in [-0.39, 0.29) is 5.97 Å². The molecule has 0 heterocycles. The van der Waals surface area contributed by atoms with E-state index in [9.17, 15) is 4.79 Å². The molecule has 1 fully saturated rings. The minimum Gasteiger partial charge on any atom is -0.466 e. The van der Waals surface area contributed by atoms with Crippen LogP contribution in [0.5, 0.6) is 0 Å². The highest BCUT2D eigenvalue weighted by Gasteiger charge is 2.13. The minimum absolute atomic E-state index is 0.0496. The smallest absolute Gasteiger partial charge is 0.305 e. The third kappa shape index (κ3) is 7.37. The summed E-state index contributed by atoms with van der Waals surface area (Å²) < 4.78 is 4.88. The second-order valence-corrected chi connectivity index (χ2v) is 4.97. The van der Waals surface area contributed by atoms with Crippen molar-refractivity contribution >= 4 is 5.97 Å². The maximum atomic E-state index is 11.1. The van der Waals surface area contributed by atoms with E-state index in [0.717, 1.165) is 25.3 Å².